The van der Waals surface area contributed by atoms with Crippen molar-refractivity contribution < 1.29 is 4.79 Å². The lowest BCUT2D eigenvalue weighted by molar-refractivity contribution is -0.125. The SMILES string of the molecule is CCNC(=O)C1CN(c2nn3cc(-c4ccc(Cl)cc4)nc3s2)C1. The summed E-state index contributed by atoms with van der Waals surface area (Å²) >= 11 is 7.45. The molecule has 1 fully saturated rings. The van der Waals surface area contributed by atoms with Gasteiger partial charge in [-0.25, -0.2) is 9.50 Å². The quantitative estimate of drug-likeness (QED) is 0.776. The number of hydrogen-bond donors (Lipinski definition) is 1. The van der Waals surface area contributed by atoms with Crippen LogP contribution in [0.1, 0.15) is 6.92 Å². The molecule has 1 saturated heterocycles. The molecule has 1 aliphatic heterocycles. The van der Waals surface area contributed by atoms with Crippen molar-refractivity contribution in [1.29, 1.82) is 0 Å². The van der Waals surface area contributed by atoms with Gasteiger partial charge >= 0.3 is 0 Å². The highest BCUT2D eigenvalue weighted by Crippen LogP contribution is 2.31. The minimum absolute atomic E-state index is 0.0609. The predicted molar refractivity (Wildman–Crippen MR) is 95.7 cm³/mol. The van der Waals surface area contributed by atoms with Crippen molar-refractivity contribution in [3.63, 3.8) is 0 Å². The summed E-state index contributed by atoms with van der Waals surface area (Å²) in [7, 11) is 0. The fourth-order valence-electron chi connectivity index (χ4n) is 2.70. The Bertz CT molecular complexity index is 850. The third-order valence-electron chi connectivity index (χ3n) is 4.05. The first kappa shape index (κ1) is 15.4. The van der Waals surface area contributed by atoms with Crippen molar-refractivity contribution in [3.8, 4) is 11.3 Å². The molecule has 0 bridgehead atoms. The third kappa shape index (κ3) is 2.74. The van der Waals surface area contributed by atoms with E-state index in [0.717, 1.165) is 21.3 Å². The van der Waals surface area contributed by atoms with E-state index in [1.807, 2.05) is 37.4 Å². The van der Waals surface area contributed by atoms with E-state index >= 15 is 0 Å². The Balaban J connectivity index is 1.49. The normalized spacial score (nSPS) is 14.8. The van der Waals surface area contributed by atoms with E-state index in [9.17, 15) is 4.79 Å². The molecule has 0 atom stereocenters. The van der Waals surface area contributed by atoms with Crippen LogP contribution in [0.5, 0.6) is 0 Å². The summed E-state index contributed by atoms with van der Waals surface area (Å²) in [5, 5.41) is 9.05. The zero-order valence-corrected chi connectivity index (χ0v) is 14.6. The largest absolute Gasteiger partial charge is 0.356 e. The minimum atomic E-state index is 0.0609. The summed E-state index contributed by atoms with van der Waals surface area (Å²) in [5.41, 5.74) is 1.89. The zero-order valence-electron chi connectivity index (χ0n) is 13.1. The van der Waals surface area contributed by atoms with Crippen LogP contribution < -0.4 is 10.2 Å². The summed E-state index contributed by atoms with van der Waals surface area (Å²) in [4.78, 5) is 19.4. The van der Waals surface area contributed by atoms with E-state index in [0.29, 0.717) is 24.7 Å². The molecule has 124 valence electrons. The Morgan fingerprint density at radius 3 is 2.79 bits per heavy atom. The van der Waals surface area contributed by atoms with Crippen LogP contribution in [-0.2, 0) is 4.79 Å². The van der Waals surface area contributed by atoms with E-state index < -0.39 is 0 Å². The molecular weight excluding hydrogens is 346 g/mol. The first-order valence-corrected chi connectivity index (χ1v) is 8.98. The van der Waals surface area contributed by atoms with Gasteiger partial charge in [0.2, 0.25) is 16.0 Å². The smallest absolute Gasteiger partial charge is 0.226 e. The molecular formula is C16H16ClN5OS. The molecule has 2 aromatic heterocycles. The van der Waals surface area contributed by atoms with E-state index in [4.69, 9.17) is 11.6 Å². The second kappa shape index (κ2) is 6.07. The van der Waals surface area contributed by atoms with Crippen LogP contribution in [0.15, 0.2) is 30.5 Å². The van der Waals surface area contributed by atoms with Gasteiger partial charge in [-0.3, -0.25) is 4.79 Å². The van der Waals surface area contributed by atoms with Crippen LogP contribution in [0, 0.1) is 5.92 Å². The summed E-state index contributed by atoms with van der Waals surface area (Å²) < 4.78 is 1.80. The van der Waals surface area contributed by atoms with Crippen LogP contribution in [0.4, 0.5) is 5.13 Å². The maximum atomic E-state index is 11.8. The van der Waals surface area contributed by atoms with Gasteiger partial charge in [-0.15, -0.1) is 5.10 Å². The van der Waals surface area contributed by atoms with E-state index in [-0.39, 0.29) is 11.8 Å². The van der Waals surface area contributed by atoms with Crippen LogP contribution in [0.3, 0.4) is 0 Å². The standard InChI is InChI=1S/C16H16ClN5OS/c1-2-18-14(23)11-7-21(8-11)16-20-22-9-13(19-15(22)24-16)10-3-5-12(17)6-4-10/h3-6,9,11H,2,7-8H2,1H3,(H,18,23). The number of imidazole rings is 1. The maximum Gasteiger partial charge on any atom is 0.226 e. The van der Waals surface area contributed by atoms with Gasteiger partial charge in [0.1, 0.15) is 0 Å². The van der Waals surface area contributed by atoms with Gasteiger partial charge in [0.25, 0.3) is 0 Å². The molecule has 6 nitrogen and oxygen atoms in total. The number of hydrogen-bond acceptors (Lipinski definition) is 5. The van der Waals surface area contributed by atoms with Crippen molar-refractivity contribution in [2.45, 2.75) is 6.92 Å². The molecule has 3 heterocycles. The van der Waals surface area contributed by atoms with Crippen LogP contribution in [0.25, 0.3) is 16.2 Å². The number of carbonyl (C=O) groups excluding carboxylic acids is 1. The molecule has 1 aromatic carbocycles. The molecule has 8 heteroatoms. The van der Waals surface area contributed by atoms with Crippen LogP contribution in [0.2, 0.25) is 5.02 Å². The molecule has 3 aromatic rings. The fraction of sp³-hybridized carbons (Fsp3) is 0.312. The topological polar surface area (TPSA) is 62.5 Å². The van der Waals surface area contributed by atoms with Crippen LogP contribution in [-0.4, -0.2) is 40.1 Å². The summed E-state index contributed by atoms with van der Waals surface area (Å²) in [6.45, 7) is 4.04. The number of aromatic nitrogens is 3. The van der Waals surface area contributed by atoms with Crippen molar-refractivity contribution in [2.24, 2.45) is 5.92 Å². The molecule has 4 rings (SSSR count). The first-order valence-electron chi connectivity index (χ1n) is 7.79. The summed E-state index contributed by atoms with van der Waals surface area (Å²) in [5.74, 6) is 0.186. The maximum absolute atomic E-state index is 11.8. The second-order valence-corrected chi connectivity index (χ2v) is 7.11. The van der Waals surface area contributed by atoms with Crippen molar-refractivity contribution in [2.75, 3.05) is 24.5 Å². The predicted octanol–water partition coefficient (Wildman–Crippen LogP) is 2.68. The third-order valence-corrected chi connectivity index (χ3v) is 5.28. The lowest BCUT2D eigenvalue weighted by atomic mass is 10.0. The molecule has 0 spiro atoms. The van der Waals surface area contributed by atoms with Crippen molar-refractivity contribution in [1.82, 2.24) is 19.9 Å². The lowest BCUT2D eigenvalue weighted by Gasteiger charge is -2.37. The molecule has 0 radical (unpaired) electrons. The number of amides is 1. The number of nitrogens with one attached hydrogen (secondary N) is 1. The Labute approximate surface area is 148 Å². The van der Waals surface area contributed by atoms with Gasteiger partial charge in [0, 0.05) is 30.2 Å². The highest BCUT2D eigenvalue weighted by Gasteiger charge is 2.34. The highest BCUT2D eigenvalue weighted by molar-refractivity contribution is 7.20. The number of anilines is 1. The van der Waals surface area contributed by atoms with Gasteiger partial charge in [-0.05, 0) is 19.1 Å². The van der Waals surface area contributed by atoms with Gasteiger partial charge < -0.3 is 10.2 Å². The molecule has 1 amide bonds. The average Bonchev–Trinajstić information content (AvgIpc) is 3.05. The average molecular weight is 362 g/mol. The number of benzene rings is 1. The molecule has 1 N–H and O–H groups in total. The molecule has 0 saturated carbocycles. The fourth-order valence-corrected chi connectivity index (χ4v) is 3.72. The second-order valence-electron chi connectivity index (χ2n) is 5.74. The van der Waals surface area contributed by atoms with E-state index in [1.165, 1.54) is 11.3 Å². The number of rotatable bonds is 4. The number of halogens is 1. The van der Waals surface area contributed by atoms with Gasteiger partial charge in [-0.1, -0.05) is 35.1 Å². The minimum Gasteiger partial charge on any atom is -0.356 e. The lowest BCUT2D eigenvalue weighted by Crippen LogP contribution is -2.53. The number of nitrogens with zero attached hydrogens (tertiary/aromatic N) is 4. The molecule has 1 aliphatic rings. The summed E-state index contributed by atoms with van der Waals surface area (Å²) in [6, 6.07) is 7.60. The van der Waals surface area contributed by atoms with E-state index in [1.54, 1.807) is 4.52 Å². The highest BCUT2D eigenvalue weighted by atomic mass is 35.5. The Morgan fingerprint density at radius 1 is 1.38 bits per heavy atom. The monoisotopic (exact) mass is 361 g/mol. The summed E-state index contributed by atoms with van der Waals surface area (Å²) in [6.07, 6.45) is 1.92. The molecule has 0 aliphatic carbocycles. The zero-order chi connectivity index (χ0) is 16.7. The molecule has 24 heavy (non-hydrogen) atoms. The van der Waals surface area contributed by atoms with Crippen LogP contribution >= 0.6 is 22.9 Å². The Kier molecular flexibility index (Phi) is 3.90. The van der Waals surface area contributed by atoms with Gasteiger partial charge in [0.05, 0.1) is 17.8 Å². The molecule has 0 unspecified atom stereocenters. The van der Waals surface area contributed by atoms with Crippen molar-refractivity contribution in [3.05, 3.63) is 35.5 Å². The Morgan fingerprint density at radius 2 is 2.12 bits per heavy atom. The Hall–Kier alpha value is -2.12. The number of fused-ring (bicyclic) bond motifs is 1. The van der Waals surface area contributed by atoms with Crippen molar-refractivity contribution >= 4 is 38.9 Å². The number of carbonyl (C=O) groups is 1. The first-order chi connectivity index (χ1) is 11.6. The van der Waals surface area contributed by atoms with E-state index in [2.05, 4.69) is 20.3 Å². The van der Waals surface area contributed by atoms with Gasteiger partial charge in [-0.2, -0.15) is 0 Å². The van der Waals surface area contributed by atoms with Gasteiger partial charge in [0.15, 0.2) is 0 Å².